The smallest absolute Gasteiger partial charge is 0.318 e. The number of rotatable bonds is 6. The summed E-state index contributed by atoms with van der Waals surface area (Å²) in [5, 5.41) is 0. The lowest BCUT2D eigenvalue weighted by Crippen LogP contribution is -2.52. The van der Waals surface area contributed by atoms with Gasteiger partial charge in [-0.05, 0) is 50.3 Å². The van der Waals surface area contributed by atoms with E-state index in [0.717, 1.165) is 50.9 Å². The van der Waals surface area contributed by atoms with Gasteiger partial charge >= 0.3 is 6.03 Å². The minimum atomic E-state index is -3.87. The van der Waals surface area contributed by atoms with Gasteiger partial charge in [0.2, 0.25) is 0 Å². The molecule has 4 rings (SSSR count). The van der Waals surface area contributed by atoms with E-state index >= 15 is 0 Å². The quantitative estimate of drug-likeness (QED) is 0.766. The van der Waals surface area contributed by atoms with Crippen LogP contribution in [-0.4, -0.2) is 49.4 Å². The first-order chi connectivity index (χ1) is 14.4. The van der Waals surface area contributed by atoms with Gasteiger partial charge in [0.25, 0.3) is 10.0 Å². The molecule has 1 heterocycles. The fourth-order valence-corrected chi connectivity index (χ4v) is 5.07. The number of carbonyl (C=O) groups is 1. The highest BCUT2D eigenvalue weighted by Crippen LogP contribution is 2.32. The van der Waals surface area contributed by atoms with E-state index in [0.29, 0.717) is 0 Å². The molecule has 2 aromatic rings. The zero-order chi connectivity index (χ0) is 21.1. The molecule has 0 radical (unpaired) electrons. The molecule has 0 spiro atoms. The molecule has 1 saturated carbocycles. The fourth-order valence-electron chi connectivity index (χ4n) is 4.12. The van der Waals surface area contributed by atoms with Gasteiger partial charge in [0.05, 0.1) is 4.90 Å². The number of nitrogens with one attached hydrogen (secondary N) is 1. The maximum absolute atomic E-state index is 13.0. The Morgan fingerprint density at radius 3 is 2.17 bits per heavy atom. The van der Waals surface area contributed by atoms with Crippen molar-refractivity contribution in [1.29, 1.82) is 0 Å². The van der Waals surface area contributed by atoms with Crippen molar-refractivity contribution in [2.45, 2.75) is 56.1 Å². The number of carbonyl (C=O) groups excluding carboxylic acids is 1. The molecular formula is C23H29N3O3S. The summed E-state index contributed by atoms with van der Waals surface area (Å²) in [4.78, 5) is 17.3. The van der Waals surface area contributed by atoms with Gasteiger partial charge in [0.15, 0.2) is 0 Å². The van der Waals surface area contributed by atoms with Crippen molar-refractivity contribution in [3.8, 4) is 0 Å². The number of amides is 2. The number of benzene rings is 2. The standard InChI is InChI=1S/C23H29N3O3S/c1-18-7-11-22(12-8-18)30(28,29)24-23(27)26(20-9-10-20)21-13-15-25(16-14-21)17-19-5-3-2-4-6-19/h2-8,11-12,20-21H,9-10,13-17H2,1H3,(H,24,27). The summed E-state index contributed by atoms with van der Waals surface area (Å²) in [5.74, 6) is 0. The lowest BCUT2D eigenvalue weighted by Gasteiger charge is -2.38. The van der Waals surface area contributed by atoms with E-state index in [4.69, 9.17) is 0 Å². The summed E-state index contributed by atoms with van der Waals surface area (Å²) in [5.41, 5.74) is 2.26. The van der Waals surface area contributed by atoms with Crippen LogP contribution in [0.15, 0.2) is 59.5 Å². The highest BCUT2D eigenvalue weighted by atomic mass is 32.2. The van der Waals surface area contributed by atoms with E-state index in [9.17, 15) is 13.2 Å². The molecule has 0 aromatic heterocycles. The minimum Gasteiger partial charge on any atom is -0.318 e. The Kier molecular flexibility index (Phi) is 6.11. The van der Waals surface area contributed by atoms with Crippen molar-refractivity contribution >= 4 is 16.1 Å². The first kappa shape index (κ1) is 20.9. The molecule has 2 amide bonds. The van der Waals surface area contributed by atoms with Gasteiger partial charge in [-0.2, -0.15) is 0 Å². The van der Waals surface area contributed by atoms with Crippen molar-refractivity contribution in [1.82, 2.24) is 14.5 Å². The second-order valence-corrected chi connectivity index (χ2v) is 10.0. The van der Waals surface area contributed by atoms with E-state index in [1.165, 1.54) is 17.7 Å². The van der Waals surface area contributed by atoms with Crippen molar-refractivity contribution < 1.29 is 13.2 Å². The Balaban J connectivity index is 1.38. The molecule has 0 unspecified atom stereocenters. The molecule has 1 aliphatic heterocycles. The predicted molar refractivity (Wildman–Crippen MR) is 116 cm³/mol. The summed E-state index contributed by atoms with van der Waals surface area (Å²) < 4.78 is 27.7. The van der Waals surface area contributed by atoms with Gasteiger partial charge in [-0.15, -0.1) is 0 Å². The molecule has 7 heteroatoms. The van der Waals surface area contributed by atoms with Crippen LogP contribution >= 0.6 is 0 Å². The number of hydrogen-bond donors (Lipinski definition) is 1. The van der Waals surface area contributed by atoms with Crippen LogP contribution in [0.1, 0.15) is 36.8 Å². The minimum absolute atomic E-state index is 0.0812. The maximum atomic E-state index is 13.0. The number of urea groups is 1. The number of hydrogen-bond acceptors (Lipinski definition) is 4. The first-order valence-corrected chi connectivity index (χ1v) is 12.1. The van der Waals surface area contributed by atoms with Gasteiger partial charge in [-0.3, -0.25) is 4.90 Å². The van der Waals surface area contributed by atoms with E-state index in [2.05, 4.69) is 33.9 Å². The maximum Gasteiger partial charge on any atom is 0.331 e. The summed E-state index contributed by atoms with van der Waals surface area (Å²) in [7, 11) is -3.87. The van der Waals surface area contributed by atoms with Crippen LogP contribution in [0.3, 0.4) is 0 Å². The Morgan fingerprint density at radius 2 is 1.57 bits per heavy atom. The molecule has 2 aromatic carbocycles. The van der Waals surface area contributed by atoms with Crippen molar-refractivity contribution in [3.05, 3.63) is 65.7 Å². The number of likely N-dealkylation sites (tertiary alicyclic amines) is 1. The van der Waals surface area contributed by atoms with Crippen LogP contribution < -0.4 is 4.72 Å². The van der Waals surface area contributed by atoms with Gasteiger partial charge in [-0.25, -0.2) is 17.9 Å². The van der Waals surface area contributed by atoms with E-state index in [-0.39, 0.29) is 17.0 Å². The Morgan fingerprint density at radius 1 is 0.967 bits per heavy atom. The third kappa shape index (κ3) is 5.02. The van der Waals surface area contributed by atoms with Gasteiger partial charge in [0, 0.05) is 31.7 Å². The summed E-state index contributed by atoms with van der Waals surface area (Å²) >= 11 is 0. The largest absolute Gasteiger partial charge is 0.331 e. The number of aryl methyl sites for hydroxylation is 1. The van der Waals surface area contributed by atoms with E-state index < -0.39 is 16.1 Å². The Labute approximate surface area is 178 Å². The number of nitrogens with zero attached hydrogens (tertiary/aromatic N) is 2. The number of piperidine rings is 1. The molecular weight excluding hydrogens is 398 g/mol. The molecule has 30 heavy (non-hydrogen) atoms. The topological polar surface area (TPSA) is 69.7 Å². The average Bonchev–Trinajstić information content (AvgIpc) is 3.55. The van der Waals surface area contributed by atoms with Crippen molar-refractivity contribution in [2.24, 2.45) is 0 Å². The van der Waals surface area contributed by atoms with Crippen LogP contribution in [0.25, 0.3) is 0 Å². The van der Waals surface area contributed by atoms with Crippen LogP contribution in [0.4, 0.5) is 4.79 Å². The Bertz CT molecular complexity index is 965. The summed E-state index contributed by atoms with van der Waals surface area (Å²) in [6, 6.07) is 16.7. The van der Waals surface area contributed by atoms with Gasteiger partial charge < -0.3 is 4.90 Å². The van der Waals surface area contributed by atoms with Crippen LogP contribution in [-0.2, 0) is 16.6 Å². The predicted octanol–water partition coefficient (Wildman–Crippen LogP) is 3.52. The monoisotopic (exact) mass is 427 g/mol. The van der Waals surface area contributed by atoms with Gasteiger partial charge in [-0.1, -0.05) is 48.0 Å². The van der Waals surface area contributed by atoms with E-state index in [1.54, 1.807) is 17.0 Å². The SMILES string of the molecule is Cc1ccc(S(=O)(=O)NC(=O)N(C2CC2)C2CCN(Cc3ccccc3)CC2)cc1. The fraction of sp³-hybridized carbons (Fsp3) is 0.435. The van der Waals surface area contributed by atoms with Gasteiger partial charge in [0.1, 0.15) is 0 Å². The normalized spacial score (nSPS) is 18.2. The molecule has 2 aliphatic rings. The second kappa shape index (κ2) is 8.78. The van der Waals surface area contributed by atoms with E-state index in [1.807, 2.05) is 13.0 Å². The summed E-state index contributed by atoms with van der Waals surface area (Å²) in [6.07, 6.45) is 3.62. The molecule has 160 valence electrons. The lowest BCUT2D eigenvalue weighted by molar-refractivity contribution is 0.116. The third-order valence-electron chi connectivity index (χ3n) is 5.93. The average molecular weight is 428 g/mol. The molecule has 1 N–H and O–H groups in total. The van der Waals surface area contributed by atoms with Crippen molar-refractivity contribution in [2.75, 3.05) is 13.1 Å². The number of sulfonamides is 1. The first-order valence-electron chi connectivity index (χ1n) is 10.6. The highest BCUT2D eigenvalue weighted by molar-refractivity contribution is 7.90. The highest BCUT2D eigenvalue weighted by Gasteiger charge is 2.39. The molecule has 2 fully saturated rings. The lowest BCUT2D eigenvalue weighted by atomic mass is 10.0. The van der Waals surface area contributed by atoms with Crippen molar-refractivity contribution in [3.63, 3.8) is 0 Å². The zero-order valence-corrected chi connectivity index (χ0v) is 18.1. The molecule has 1 aliphatic carbocycles. The zero-order valence-electron chi connectivity index (χ0n) is 17.3. The molecule has 6 nitrogen and oxygen atoms in total. The molecule has 1 saturated heterocycles. The third-order valence-corrected chi connectivity index (χ3v) is 7.26. The van der Waals surface area contributed by atoms with Crippen LogP contribution in [0, 0.1) is 6.92 Å². The summed E-state index contributed by atoms with van der Waals surface area (Å²) in [6.45, 7) is 4.61. The van der Waals surface area contributed by atoms with Crippen LogP contribution in [0.5, 0.6) is 0 Å². The Hall–Kier alpha value is -2.38. The second-order valence-electron chi connectivity index (χ2n) is 8.36. The molecule has 0 atom stereocenters. The molecule has 0 bridgehead atoms. The van der Waals surface area contributed by atoms with Crippen LogP contribution in [0.2, 0.25) is 0 Å².